The first-order chi connectivity index (χ1) is 16.1. The largest absolute Gasteiger partial charge is 0.485 e. The van der Waals surface area contributed by atoms with Crippen molar-refractivity contribution in [2.24, 2.45) is 0 Å². The summed E-state index contributed by atoms with van der Waals surface area (Å²) in [6.07, 6.45) is 0. The van der Waals surface area contributed by atoms with Crippen molar-refractivity contribution in [1.82, 2.24) is 20.2 Å². The average Bonchev–Trinajstić information content (AvgIpc) is 3.12. The molecule has 0 aliphatic carbocycles. The molecule has 180 valence electrons. The Morgan fingerprint density at radius 3 is 2.50 bits per heavy atom. The molecule has 2 aromatic carbocycles. The van der Waals surface area contributed by atoms with Crippen LogP contribution in [0.2, 0.25) is 0 Å². The molecule has 0 aliphatic heterocycles. The number of carbonyl (C=O) groups is 2. The summed E-state index contributed by atoms with van der Waals surface area (Å²) in [4.78, 5) is 24.3. The number of rotatable bonds is 8. The summed E-state index contributed by atoms with van der Waals surface area (Å²) in [5.74, 6) is 7.08. The summed E-state index contributed by atoms with van der Waals surface area (Å²) in [6, 6.07) is 11.1. The van der Waals surface area contributed by atoms with E-state index < -0.39 is 11.9 Å². The lowest BCUT2D eigenvalue weighted by molar-refractivity contribution is -0.117. The number of ether oxygens (including phenoxy) is 1. The van der Waals surface area contributed by atoms with E-state index in [0.717, 1.165) is 39.8 Å². The van der Waals surface area contributed by atoms with Crippen LogP contribution in [0.3, 0.4) is 0 Å². The van der Waals surface area contributed by atoms with Gasteiger partial charge in [0.15, 0.2) is 5.82 Å². The molecule has 0 bridgehead atoms. The van der Waals surface area contributed by atoms with Gasteiger partial charge in [0.25, 0.3) is 0 Å². The van der Waals surface area contributed by atoms with Gasteiger partial charge in [-0.05, 0) is 55.5 Å². The molecule has 0 saturated carbocycles. The number of aryl methyl sites for hydroxylation is 3. The highest BCUT2D eigenvalue weighted by molar-refractivity contribution is 7.99. The first kappa shape index (κ1) is 25.1. The van der Waals surface area contributed by atoms with E-state index in [2.05, 4.69) is 46.8 Å². The number of nitrogens with one attached hydrogen (secondary N) is 2. The highest BCUT2D eigenvalue weighted by atomic mass is 32.2. The fourth-order valence-corrected chi connectivity index (χ4v) is 3.97. The van der Waals surface area contributed by atoms with Gasteiger partial charge in [0.2, 0.25) is 11.1 Å². The van der Waals surface area contributed by atoms with E-state index in [1.165, 1.54) is 4.68 Å². The third kappa shape index (κ3) is 6.50. The number of hydrogen-bond acceptors (Lipinski definition) is 7. The Bertz CT molecular complexity index is 1190. The van der Waals surface area contributed by atoms with Gasteiger partial charge in [-0.3, -0.25) is 10.1 Å². The SMILES string of the molecule is Cc1ccc(NC(=O)NC(=O)CSc2nnc(COc3cc(C)ccc3C(C)C)n2N)c(C)c1. The third-order valence-electron chi connectivity index (χ3n) is 5.10. The number of imide groups is 1. The number of nitrogens with two attached hydrogens (primary N) is 1. The monoisotopic (exact) mass is 482 g/mol. The van der Waals surface area contributed by atoms with E-state index in [0.29, 0.717) is 22.6 Å². The van der Waals surface area contributed by atoms with Crippen molar-refractivity contribution in [3.8, 4) is 5.75 Å². The molecule has 0 unspecified atom stereocenters. The van der Waals surface area contributed by atoms with Crippen LogP contribution >= 0.6 is 11.8 Å². The summed E-state index contributed by atoms with van der Waals surface area (Å²) in [6.45, 7) is 10.2. The number of nitrogen functional groups attached to an aromatic ring is 1. The topological polar surface area (TPSA) is 124 Å². The van der Waals surface area contributed by atoms with Crippen LogP contribution in [0.5, 0.6) is 5.75 Å². The molecule has 34 heavy (non-hydrogen) atoms. The van der Waals surface area contributed by atoms with Crippen molar-refractivity contribution in [2.75, 3.05) is 16.9 Å². The highest BCUT2D eigenvalue weighted by Gasteiger charge is 2.16. The van der Waals surface area contributed by atoms with Gasteiger partial charge in [-0.2, -0.15) is 0 Å². The van der Waals surface area contributed by atoms with Crippen molar-refractivity contribution in [3.63, 3.8) is 0 Å². The number of anilines is 1. The van der Waals surface area contributed by atoms with Crippen molar-refractivity contribution in [1.29, 1.82) is 0 Å². The van der Waals surface area contributed by atoms with Crippen LogP contribution in [0.15, 0.2) is 41.6 Å². The predicted octanol–water partition coefficient (Wildman–Crippen LogP) is 4.06. The molecule has 0 radical (unpaired) electrons. The summed E-state index contributed by atoms with van der Waals surface area (Å²) in [5.41, 5.74) is 4.83. The van der Waals surface area contributed by atoms with E-state index in [4.69, 9.17) is 10.6 Å². The Hall–Kier alpha value is -3.53. The molecule has 10 heteroatoms. The molecule has 3 rings (SSSR count). The number of benzene rings is 2. The minimum absolute atomic E-state index is 0.0497. The van der Waals surface area contributed by atoms with E-state index in [1.54, 1.807) is 6.07 Å². The molecular weight excluding hydrogens is 452 g/mol. The van der Waals surface area contributed by atoms with Crippen LogP contribution in [0.1, 0.15) is 47.8 Å². The summed E-state index contributed by atoms with van der Waals surface area (Å²) < 4.78 is 7.26. The number of aromatic nitrogens is 3. The Balaban J connectivity index is 1.53. The zero-order valence-corrected chi connectivity index (χ0v) is 20.8. The third-order valence-corrected chi connectivity index (χ3v) is 6.04. The second-order valence-electron chi connectivity index (χ2n) is 8.36. The van der Waals surface area contributed by atoms with Crippen LogP contribution in [0.4, 0.5) is 10.5 Å². The number of nitrogens with zero attached hydrogens (tertiary/aromatic N) is 3. The molecule has 0 saturated heterocycles. The lowest BCUT2D eigenvalue weighted by Crippen LogP contribution is -2.35. The predicted molar refractivity (Wildman–Crippen MR) is 134 cm³/mol. The fraction of sp³-hybridized carbons (Fsp3) is 0.333. The molecule has 4 N–H and O–H groups in total. The van der Waals surface area contributed by atoms with Crippen LogP contribution in [0, 0.1) is 20.8 Å². The van der Waals surface area contributed by atoms with Gasteiger partial charge >= 0.3 is 6.03 Å². The highest BCUT2D eigenvalue weighted by Crippen LogP contribution is 2.28. The van der Waals surface area contributed by atoms with Crippen LogP contribution < -0.4 is 21.2 Å². The van der Waals surface area contributed by atoms with Gasteiger partial charge in [0.1, 0.15) is 12.4 Å². The molecule has 0 spiro atoms. The number of carbonyl (C=O) groups excluding carboxylic acids is 2. The maximum Gasteiger partial charge on any atom is 0.325 e. The lowest BCUT2D eigenvalue weighted by Gasteiger charge is -2.14. The molecule has 1 heterocycles. The Morgan fingerprint density at radius 1 is 1.09 bits per heavy atom. The minimum atomic E-state index is -0.597. The zero-order valence-electron chi connectivity index (χ0n) is 20.0. The quantitative estimate of drug-likeness (QED) is 0.327. The molecule has 1 aromatic heterocycles. The van der Waals surface area contributed by atoms with Crippen molar-refractivity contribution in [3.05, 3.63) is 64.5 Å². The molecule has 0 fully saturated rings. The average molecular weight is 483 g/mol. The molecule has 9 nitrogen and oxygen atoms in total. The Labute approximate surface area is 203 Å². The number of hydrogen-bond donors (Lipinski definition) is 3. The first-order valence-electron chi connectivity index (χ1n) is 10.9. The smallest absolute Gasteiger partial charge is 0.325 e. The summed E-state index contributed by atoms with van der Waals surface area (Å²) in [7, 11) is 0. The van der Waals surface area contributed by atoms with Gasteiger partial charge < -0.3 is 15.9 Å². The Morgan fingerprint density at radius 2 is 1.79 bits per heavy atom. The van der Waals surface area contributed by atoms with Gasteiger partial charge in [0.05, 0.1) is 5.75 Å². The molecular formula is C24H30N6O3S. The number of amides is 3. The fourth-order valence-electron chi connectivity index (χ4n) is 3.29. The van der Waals surface area contributed by atoms with Gasteiger partial charge in [0, 0.05) is 5.69 Å². The van der Waals surface area contributed by atoms with Crippen LogP contribution in [0.25, 0.3) is 0 Å². The second-order valence-corrected chi connectivity index (χ2v) is 9.31. The van der Waals surface area contributed by atoms with Crippen LogP contribution in [-0.2, 0) is 11.4 Å². The lowest BCUT2D eigenvalue weighted by atomic mass is 10.0. The zero-order chi connectivity index (χ0) is 24.8. The van der Waals surface area contributed by atoms with Crippen molar-refractivity contribution >= 4 is 29.4 Å². The number of thioether (sulfide) groups is 1. The Kier molecular flexibility index (Phi) is 8.17. The van der Waals surface area contributed by atoms with E-state index >= 15 is 0 Å². The van der Waals surface area contributed by atoms with E-state index in [1.807, 2.05) is 39.0 Å². The molecule has 0 atom stereocenters. The minimum Gasteiger partial charge on any atom is -0.485 e. The maximum absolute atomic E-state index is 12.2. The van der Waals surface area contributed by atoms with Crippen molar-refractivity contribution < 1.29 is 14.3 Å². The molecule has 3 aromatic rings. The normalized spacial score (nSPS) is 10.9. The molecule has 3 amide bonds. The number of urea groups is 1. The summed E-state index contributed by atoms with van der Waals surface area (Å²) in [5, 5.41) is 13.4. The van der Waals surface area contributed by atoms with Crippen LogP contribution in [-0.4, -0.2) is 32.6 Å². The van der Waals surface area contributed by atoms with Gasteiger partial charge in [-0.15, -0.1) is 10.2 Å². The van der Waals surface area contributed by atoms with E-state index in [-0.39, 0.29) is 12.4 Å². The van der Waals surface area contributed by atoms with E-state index in [9.17, 15) is 9.59 Å². The summed E-state index contributed by atoms with van der Waals surface area (Å²) >= 11 is 1.08. The first-order valence-corrected chi connectivity index (χ1v) is 11.9. The van der Waals surface area contributed by atoms with Gasteiger partial charge in [-0.1, -0.05) is 55.4 Å². The van der Waals surface area contributed by atoms with Crippen molar-refractivity contribution in [2.45, 2.75) is 52.3 Å². The maximum atomic E-state index is 12.2. The second kappa shape index (κ2) is 11.1. The molecule has 0 aliphatic rings. The standard InChI is InChI=1S/C24H30N6O3S/c1-14(2)18-8-6-16(4)11-20(18)33-12-21-28-29-24(30(21)25)34-13-22(31)27-23(32)26-19-9-7-15(3)10-17(19)5/h6-11,14H,12-13,25H2,1-5H3,(H2,26,27,31,32). The van der Waals surface area contributed by atoms with Gasteiger partial charge in [-0.25, -0.2) is 9.47 Å².